The smallest absolute Gasteiger partial charge is 0.0355 e. The maximum atomic E-state index is 2.37. The van der Waals surface area contributed by atoms with Gasteiger partial charge in [-0.25, -0.2) is 0 Å². The van der Waals surface area contributed by atoms with Crippen LogP contribution in [0, 0.1) is 0 Å². The quantitative estimate of drug-likeness (QED) is 0.271. The van der Waals surface area contributed by atoms with Crippen LogP contribution in [0.1, 0.15) is 60.1 Å². The number of fused-ring (bicyclic) bond motifs is 7. The third-order valence-corrected chi connectivity index (χ3v) is 6.97. The maximum absolute atomic E-state index is 2.37. The third kappa shape index (κ3) is 2.40. The van der Waals surface area contributed by atoms with Gasteiger partial charge in [-0.1, -0.05) is 106 Å². The first-order valence-electron chi connectivity index (χ1n) is 11.0. The minimum atomic E-state index is 0.151. The van der Waals surface area contributed by atoms with Crippen LogP contribution in [-0.4, -0.2) is 0 Å². The second-order valence-corrected chi connectivity index (χ2v) is 9.74. The Hall–Kier alpha value is -3.12. The molecule has 30 heavy (non-hydrogen) atoms. The predicted molar refractivity (Wildman–Crippen MR) is 126 cm³/mol. The van der Waals surface area contributed by atoms with E-state index in [0.29, 0.717) is 5.92 Å². The average Bonchev–Trinajstić information content (AvgIpc) is 3.29. The van der Waals surface area contributed by atoms with Crippen LogP contribution in [0.15, 0.2) is 84.9 Å². The summed E-state index contributed by atoms with van der Waals surface area (Å²) in [5.41, 5.74) is 14.7. The van der Waals surface area contributed by atoms with Gasteiger partial charge in [-0.05, 0) is 67.5 Å². The van der Waals surface area contributed by atoms with Crippen molar-refractivity contribution in [3.05, 3.63) is 118 Å². The first kappa shape index (κ1) is 17.7. The third-order valence-electron chi connectivity index (χ3n) is 6.97. The molecule has 0 aromatic heterocycles. The van der Waals surface area contributed by atoms with E-state index in [1.807, 2.05) is 0 Å². The lowest BCUT2D eigenvalue weighted by Gasteiger charge is -2.22. The lowest BCUT2D eigenvalue weighted by molar-refractivity contribution is 0.585. The van der Waals surface area contributed by atoms with Crippen LogP contribution in [-0.2, 0) is 11.8 Å². The van der Waals surface area contributed by atoms with Gasteiger partial charge in [0, 0.05) is 5.92 Å². The van der Waals surface area contributed by atoms with Crippen LogP contribution in [0.4, 0.5) is 0 Å². The molecule has 0 aliphatic heterocycles. The zero-order valence-corrected chi connectivity index (χ0v) is 17.9. The largest absolute Gasteiger partial charge is 0.0622 e. The molecule has 0 heterocycles. The SMILES string of the molecule is CC(C)(C)c1cccc2c1Cc1c-2ccc2c1C(c1ccccc1)c1ccccc1-2. The van der Waals surface area contributed by atoms with E-state index in [-0.39, 0.29) is 5.41 Å². The van der Waals surface area contributed by atoms with Gasteiger partial charge in [0.1, 0.15) is 0 Å². The summed E-state index contributed by atoms with van der Waals surface area (Å²) >= 11 is 0. The molecule has 146 valence electrons. The van der Waals surface area contributed by atoms with Crippen LogP contribution in [0.25, 0.3) is 22.3 Å². The molecule has 0 spiro atoms. The van der Waals surface area contributed by atoms with Gasteiger partial charge >= 0.3 is 0 Å². The monoisotopic (exact) mass is 386 g/mol. The van der Waals surface area contributed by atoms with Crippen LogP contribution in [0.3, 0.4) is 0 Å². The summed E-state index contributed by atoms with van der Waals surface area (Å²) in [5, 5.41) is 0. The number of benzene rings is 4. The number of rotatable bonds is 1. The van der Waals surface area contributed by atoms with Crippen molar-refractivity contribution in [2.45, 2.75) is 38.5 Å². The zero-order valence-electron chi connectivity index (χ0n) is 17.9. The highest BCUT2D eigenvalue weighted by molar-refractivity contribution is 5.89. The molecule has 1 atom stereocenters. The molecule has 1 unspecified atom stereocenters. The normalized spacial score (nSPS) is 16.0. The molecule has 4 aromatic rings. The Morgan fingerprint density at radius 1 is 0.600 bits per heavy atom. The van der Waals surface area contributed by atoms with E-state index in [2.05, 4.69) is 106 Å². The summed E-state index contributed by atoms with van der Waals surface area (Å²) in [6.07, 6.45) is 1.04. The first-order valence-corrected chi connectivity index (χ1v) is 11.0. The van der Waals surface area contributed by atoms with Gasteiger partial charge in [0.25, 0.3) is 0 Å². The fraction of sp³-hybridized carbons (Fsp3) is 0.200. The minimum Gasteiger partial charge on any atom is -0.0622 e. The van der Waals surface area contributed by atoms with Gasteiger partial charge in [0.15, 0.2) is 0 Å². The minimum absolute atomic E-state index is 0.151. The molecule has 2 aliphatic carbocycles. The van der Waals surface area contributed by atoms with E-state index in [9.17, 15) is 0 Å². The highest BCUT2D eigenvalue weighted by atomic mass is 14.4. The van der Waals surface area contributed by atoms with Crippen molar-refractivity contribution < 1.29 is 0 Å². The summed E-state index contributed by atoms with van der Waals surface area (Å²) in [6, 6.07) is 31.7. The number of hydrogen-bond donors (Lipinski definition) is 0. The summed E-state index contributed by atoms with van der Waals surface area (Å²) in [5.74, 6) is 0.319. The van der Waals surface area contributed by atoms with E-state index in [4.69, 9.17) is 0 Å². The number of hydrogen-bond acceptors (Lipinski definition) is 0. The van der Waals surface area contributed by atoms with Crippen molar-refractivity contribution in [3.63, 3.8) is 0 Å². The Balaban J connectivity index is 1.62. The van der Waals surface area contributed by atoms with E-state index >= 15 is 0 Å². The summed E-state index contributed by atoms with van der Waals surface area (Å²) in [4.78, 5) is 0. The van der Waals surface area contributed by atoms with Crippen molar-refractivity contribution in [1.82, 2.24) is 0 Å². The van der Waals surface area contributed by atoms with Crippen molar-refractivity contribution >= 4 is 0 Å². The molecule has 0 amide bonds. The van der Waals surface area contributed by atoms with E-state index in [0.717, 1.165) is 6.42 Å². The Labute approximate surface area is 179 Å². The molecule has 0 N–H and O–H groups in total. The molecule has 0 saturated carbocycles. The van der Waals surface area contributed by atoms with Crippen molar-refractivity contribution in [2.75, 3.05) is 0 Å². The van der Waals surface area contributed by atoms with Gasteiger partial charge in [-0.3, -0.25) is 0 Å². The molecule has 0 radical (unpaired) electrons. The van der Waals surface area contributed by atoms with Gasteiger partial charge in [-0.2, -0.15) is 0 Å². The standard InChI is InChI=1S/C30H26/c1-30(2,3)27-15-9-14-20-22-16-17-24-21-12-7-8-13-23(21)28(19-10-5-4-6-11-19)29(24)26(22)18-25(20)27/h4-17,28H,18H2,1-3H3. The Kier molecular flexibility index (Phi) is 3.65. The van der Waals surface area contributed by atoms with Crippen molar-refractivity contribution in [3.8, 4) is 22.3 Å². The molecular formula is C30H26. The molecule has 0 bridgehead atoms. The molecule has 0 nitrogen and oxygen atoms in total. The second kappa shape index (κ2) is 6.19. The van der Waals surface area contributed by atoms with Crippen molar-refractivity contribution in [2.24, 2.45) is 0 Å². The van der Waals surface area contributed by atoms with E-state index in [1.165, 1.54) is 55.6 Å². The van der Waals surface area contributed by atoms with Gasteiger partial charge in [-0.15, -0.1) is 0 Å². The summed E-state index contributed by atoms with van der Waals surface area (Å²) in [7, 11) is 0. The zero-order chi connectivity index (χ0) is 20.5. The lowest BCUT2D eigenvalue weighted by Crippen LogP contribution is -2.14. The summed E-state index contributed by atoms with van der Waals surface area (Å²) < 4.78 is 0. The Morgan fingerprint density at radius 3 is 2.07 bits per heavy atom. The maximum Gasteiger partial charge on any atom is 0.0355 e. The molecule has 4 aromatic carbocycles. The second-order valence-electron chi connectivity index (χ2n) is 9.74. The Bertz CT molecular complexity index is 1290. The topological polar surface area (TPSA) is 0 Å². The fourth-order valence-electron chi connectivity index (χ4n) is 5.72. The van der Waals surface area contributed by atoms with Crippen molar-refractivity contribution in [1.29, 1.82) is 0 Å². The van der Waals surface area contributed by atoms with E-state index < -0.39 is 0 Å². The van der Waals surface area contributed by atoms with E-state index in [1.54, 1.807) is 0 Å². The highest BCUT2D eigenvalue weighted by Gasteiger charge is 2.36. The highest BCUT2D eigenvalue weighted by Crippen LogP contribution is 2.54. The van der Waals surface area contributed by atoms with Crippen LogP contribution >= 0.6 is 0 Å². The summed E-state index contributed by atoms with van der Waals surface area (Å²) in [6.45, 7) is 7.00. The fourth-order valence-corrected chi connectivity index (χ4v) is 5.72. The van der Waals surface area contributed by atoms with Gasteiger partial charge in [0.05, 0.1) is 0 Å². The van der Waals surface area contributed by atoms with Crippen LogP contribution < -0.4 is 0 Å². The Morgan fingerprint density at radius 2 is 1.27 bits per heavy atom. The van der Waals surface area contributed by atoms with Gasteiger partial charge < -0.3 is 0 Å². The predicted octanol–water partition coefficient (Wildman–Crippen LogP) is 7.72. The van der Waals surface area contributed by atoms with Crippen LogP contribution in [0.5, 0.6) is 0 Å². The molecule has 0 heteroatoms. The molecule has 0 fully saturated rings. The average molecular weight is 387 g/mol. The lowest BCUT2D eigenvalue weighted by atomic mass is 9.82. The molecule has 2 aliphatic rings. The molecule has 0 saturated heterocycles. The first-order chi connectivity index (χ1) is 14.5. The van der Waals surface area contributed by atoms with Gasteiger partial charge in [0.2, 0.25) is 0 Å². The molecular weight excluding hydrogens is 360 g/mol. The van der Waals surface area contributed by atoms with Crippen LogP contribution in [0.2, 0.25) is 0 Å². The molecule has 6 rings (SSSR count).